The molecular formula is C13H14N2O3. The van der Waals surface area contributed by atoms with E-state index >= 15 is 0 Å². The van der Waals surface area contributed by atoms with Gasteiger partial charge in [0.15, 0.2) is 0 Å². The number of rotatable bonds is 6. The summed E-state index contributed by atoms with van der Waals surface area (Å²) in [5.41, 5.74) is 0.863. The van der Waals surface area contributed by atoms with Gasteiger partial charge in [0.25, 0.3) is 5.91 Å². The average molecular weight is 246 g/mol. The summed E-state index contributed by atoms with van der Waals surface area (Å²) in [4.78, 5) is 26.6. The molecule has 5 heteroatoms. The summed E-state index contributed by atoms with van der Waals surface area (Å²) in [6.45, 7) is 7.13. The van der Waals surface area contributed by atoms with Crippen LogP contribution in [0.1, 0.15) is 16.8 Å². The molecule has 0 aliphatic heterocycles. The van der Waals surface area contributed by atoms with Crippen molar-refractivity contribution in [2.45, 2.75) is 12.5 Å². The van der Waals surface area contributed by atoms with E-state index in [1.165, 1.54) is 18.5 Å². The fourth-order valence-electron chi connectivity index (χ4n) is 1.28. The number of hydrogen-bond acceptors (Lipinski definition) is 3. The van der Waals surface area contributed by atoms with Gasteiger partial charge in [-0.1, -0.05) is 24.8 Å². The highest BCUT2D eigenvalue weighted by Crippen LogP contribution is 2.06. The molecule has 1 aromatic rings. The molecule has 1 aromatic heterocycles. The van der Waals surface area contributed by atoms with Crippen LogP contribution in [-0.4, -0.2) is 28.0 Å². The molecule has 0 aliphatic carbocycles. The van der Waals surface area contributed by atoms with Crippen molar-refractivity contribution < 1.29 is 14.7 Å². The highest BCUT2D eigenvalue weighted by Gasteiger charge is 2.20. The molecule has 0 radical (unpaired) electrons. The molecule has 0 bridgehead atoms. The second-order valence-corrected chi connectivity index (χ2v) is 3.67. The number of aromatic nitrogens is 1. The maximum absolute atomic E-state index is 11.8. The molecule has 0 spiro atoms. The molecule has 1 unspecified atom stereocenters. The molecule has 1 heterocycles. The van der Waals surface area contributed by atoms with Crippen LogP contribution in [0, 0.1) is 0 Å². The Labute approximate surface area is 105 Å². The lowest BCUT2D eigenvalue weighted by molar-refractivity contribution is -0.139. The van der Waals surface area contributed by atoms with Crippen molar-refractivity contribution in [2.75, 3.05) is 0 Å². The lowest BCUT2D eigenvalue weighted by atomic mass is 10.1. The van der Waals surface area contributed by atoms with Crippen LogP contribution < -0.4 is 5.32 Å². The molecule has 0 aliphatic rings. The van der Waals surface area contributed by atoms with Crippen LogP contribution in [0.25, 0.3) is 0 Å². The van der Waals surface area contributed by atoms with E-state index in [-0.39, 0.29) is 6.42 Å². The van der Waals surface area contributed by atoms with Crippen molar-refractivity contribution in [1.82, 2.24) is 10.3 Å². The number of carbonyl (C=O) groups is 2. The van der Waals surface area contributed by atoms with Crippen molar-refractivity contribution in [3.8, 4) is 0 Å². The number of carboxylic acid groups (broad SMARTS) is 1. The predicted molar refractivity (Wildman–Crippen MR) is 67.1 cm³/mol. The average Bonchev–Trinajstić information content (AvgIpc) is 2.38. The summed E-state index contributed by atoms with van der Waals surface area (Å²) >= 11 is 0. The normalized spacial score (nSPS) is 11.3. The first-order chi connectivity index (χ1) is 8.54. The molecule has 1 atom stereocenters. The van der Waals surface area contributed by atoms with E-state index in [0.29, 0.717) is 11.1 Å². The van der Waals surface area contributed by atoms with Gasteiger partial charge in [-0.2, -0.15) is 0 Å². The summed E-state index contributed by atoms with van der Waals surface area (Å²) in [6, 6.07) is 2.14. The minimum Gasteiger partial charge on any atom is -0.480 e. The first-order valence-electron chi connectivity index (χ1n) is 5.28. The number of allylic oxidation sites excluding steroid dienone is 1. The molecule has 0 saturated heterocycles. The van der Waals surface area contributed by atoms with Gasteiger partial charge in [-0.05, 0) is 12.1 Å². The SMILES string of the molecule is C=CC(=C)CC(NC(=O)c1cccnc1)C(=O)O. The molecule has 2 N–H and O–H groups in total. The molecule has 1 amide bonds. The smallest absolute Gasteiger partial charge is 0.326 e. The van der Waals surface area contributed by atoms with E-state index in [1.807, 2.05) is 0 Å². The van der Waals surface area contributed by atoms with E-state index in [9.17, 15) is 9.59 Å². The van der Waals surface area contributed by atoms with Gasteiger partial charge in [-0.15, -0.1) is 0 Å². The standard InChI is InChI=1S/C13H14N2O3/c1-3-9(2)7-11(13(17)18)15-12(16)10-5-4-6-14-8-10/h3-6,8,11H,1-2,7H2,(H,15,16)(H,17,18). The van der Waals surface area contributed by atoms with Gasteiger partial charge in [-0.25, -0.2) is 4.79 Å². The van der Waals surface area contributed by atoms with Crippen LogP contribution >= 0.6 is 0 Å². The lowest BCUT2D eigenvalue weighted by Crippen LogP contribution is -2.40. The van der Waals surface area contributed by atoms with E-state index in [1.54, 1.807) is 12.1 Å². The van der Waals surface area contributed by atoms with Crippen LogP contribution in [0.5, 0.6) is 0 Å². The Morgan fingerprint density at radius 3 is 2.78 bits per heavy atom. The van der Waals surface area contributed by atoms with Crippen molar-refractivity contribution in [3.63, 3.8) is 0 Å². The van der Waals surface area contributed by atoms with Crippen LogP contribution in [0.3, 0.4) is 0 Å². The van der Waals surface area contributed by atoms with Gasteiger partial charge >= 0.3 is 5.97 Å². The third-order valence-corrected chi connectivity index (χ3v) is 2.28. The molecule has 0 saturated carbocycles. The zero-order chi connectivity index (χ0) is 13.5. The largest absolute Gasteiger partial charge is 0.480 e. The summed E-state index contributed by atoms with van der Waals surface area (Å²) in [6.07, 6.45) is 4.48. The van der Waals surface area contributed by atoms with Crippen LogP contribution in [0.15, 0.2) is 49.3 Å². The van der Waals surface area contributed by atoms with Crippen molar-refractivity contribution >= 4 is 11.9 Å². The van der Waals surface area contributed by atoms with Gasteiger partial charge in [-0.3, -0.25) is 9.78 Å². The Balaban J connectivity index is 2.73. The number of pyridine rings is 1. The Bertz CT molecular complexity index is 468. The summed E-state index contributed by atoms with van der Waals surface area (Å²) < 4.78 is 0. The Morgan fingerprint density at radius 1 is 1.56 bits per heavy atom. The number of aliphatic carboxylic acids is 1. The second kappa shape index (κ2) is 6.34. The zero-order valence-corrected chi connectivity index (χ0v) is 9.80. The molecule has 0 aromatic carbocycles. The van der Waals surface area contributed by atoms with E-state index in [2.05, 4.69) is 23.5 Å². The highest BCUT2D eigenvalue weighted by molar-refractivity contribution is 5.96. The van der Waals surface area contributed by atoms with Gasteiger partial charge in [0.2, 0.25) is 0 Å². The molecule has 0 fully saturated rings. The highest BCUT2D eigenvalue weighted by atomic mass is 16.4. The Morgan fingerprint density at radius 2 is 2.28 bits per heavy atom. The number of hydrogen-bond donors (Lipinski definition) is 2. The summed E-state index contributed by atoms with van der Waals surface area (Å²) in [5, 5.41) is 11.4. The number of carbonyl (C=O) groups excluding carboxylic acids is 1. The Kier molecular flexibility index (Phi) is 4.80. The minimum atomic E-state index is -1.12. The monoisotopic (exact) mass is 246 g/mol. The van der Waals surface area contributed by atoms with Gasteiger partial charge < -0.3 is 10.4 Å². The van der Waals surface area contributed by atoms with Gasteiger partial charge in [0.1, 0.15) is 6.04 Å². The van der Waals surface area contributed by atoms with Gasteiger partial charge in [0.05, 0.1) is 5.56 Å². The predicted octanol–water partition coefficient (Wildman–Crippen LogP) is 1.40. The zero-order valence-electron chi connectivity index (χ0n) is 9.80. The number of nitrogens with one attached hydrogen (secondary N) is 1. The maximum atomic E-state index is 11.8. The summed E-state index contributed by atoms with van der Waals surface area (Å²) in [5.74, 6) is -1.59. The van der Waals surface area contributed by atoms with E-state index < -0.39 is 17.9 Å². The number of nitrogens with zero attached hydrogens (tertiary/aromatic N) is 1. The topological polar surface area (TPSA) is 79.3 Å². The van der Waals surface area contributed by atoms with Crippen LogP contribution in [0.2, 0.25) is 0 Å². The van der Waals surface area contributed by atoms with Crippen LogP contribution in [0.4, 0.5) is 0 Å². The second-order valence-electron chi connectivity index (χ2n) is 3.67. The fraction of sp³-hybridized carbons (Fsp3) is 0.154. The molecule has 18 heavy (non-hydrogen) atoms. The number of carboxylic acids is 1. The maximum Gasteiger partial charge on any atom is 0.326 e. The quantitative estimate of drug-likeness (QED) is 0.743. The van der Waals surface area contributed by atoms with Gasteiger partial charge in [0, 0.05) is 18.8 Å². The minimum absolute atomic E-state index is 0.116. The first-order valence-corrected chi connectivity index (χ1v) is 5.28. The third kappa shape index (κ3) is 3.86. The lowest BCUT2D eigenvalue weighted by Gasteiger charge is -2.14. The van der Waals surface area contributed by atoms with Crippen molar-refractivity contribution in [2.24, 2.45) is 0 Å². The summed E-state index contributed by atoms with van der Waals surface area (Å²) in [7, 11) is 0. The molecule has 1 rings (SSSR count). The van der Waals surface area contributed by atoms with Crippen molar-refractivity contribution in [3.05, 3.63) is 54.9 Å². The first kappa shape index (κ1) is 13.6. The molecule has 5 nitrogen and oxygen atoms in total. The Hall–Kier alpha value is -2.43. The fourth-order valence-corrected chi connectivity index (χ4v) is 1.28. The van der Waals surface area contributed by atoms with E-state index in [4.69, 9.17) is 5.11 Å². The van der Waals surface area contributed by atoms with E-state index in [0.717, 1.165) is 0 Å². The van der Waals surface area contributed by atoms with Crippen LogP contribution in [-0.2, 0) is 4.79 Å². The van der Waals surface area contributed by atoms with Crippen molar-refractivity contribution in [1.29, 1.82) is 0 Å². The molecular weight excluding hydrogens is 232 g/mol. The molecule has 94 valence electrons. The number of amides is 1. The third-order valence-electron chi connectivity index (χ3n) is 2.28.